The van der Waals surface area contributed by atoms with Crippen LogP contribution in [0.1, 0.15) is 36.8 Å². The first-order valence-corrected chi connectivity index (χ1v) is 9.08. The van der Waals surface area contributed by atoms with Crippen molar-refractivity contribution in [3.63, 3.8) is 0 Å². The van der Waals surface area contributed by atoms with Crippen molar-refractivity contribution in [2.45, 2.75) is 25.7 Å². The van der Waals surface area contributed by atoms with Gasteiger partial charge < -0.3 is 0 Å². The minimum Gasteiger partial charge on any atom is -0.294 e. The molecule has 0 N–H and O–H groups in total. The van der Waals surface area contributed by atoms with Crippen molar-refractivity contribution in [1.29, 1.82) is 0 Å². The van der Waals surface area contributed by atoms with Gasteiger partial charge in [0, 0.05) is 23.9 Å². The molecular formula is C24H21NO. The van der Waals surface area contributed by atoms with Gasteiger partial charge >= 0.3 is 0 Å². The highest BCUT2D eigenvalue weighted by Crippen LogP contribution is 2.43. The summed E-state index contributed by atoms with van der Waals surface area (Å²) < 4.78 is 0. The number of benzene rings is 2. The summed E-state index contributed by atoms with van der Waals surface area (Å²) in [6, 6.07) is 18.4. The minimum atomic E-state index is -0.0265. The van der Waals surface area contributed by atoms with Gasteiger partial charge in [0.05, 0.1) is 0 Å². The molecule has 128 valence electrons. The predicted octanol–water partition coefficient (Wildman–Crippen LogP) is 5.71. The van der Waals surface area contributed by atoms with E-state index in [1.165, 1.54) is 21.9 Å². The Bertz CT molecular complexity index is 988. The second kappa shape index (κ2) is 7.09. The van der Waals surface area contributed by atoms with E-state index in [-0.39, 0.29) is 5.92 Å². The van der Waals surface area contributed by atoms with E-state index in [2.05, 4.69) is 60.5 Å². The van der Waals surface area contributed by atoms with Gasteiger partial charge in [-0.2, -0.15) is 0 Å². The molecule has 2 aliphatic carbocycles. The van der Waals surface area contributed by atoms with Crippen LogP contribution < -0.4 is 0 Å². The van der Waals surface area contributed by atoms with Gasteiger partial charge in [-0.25, -0.2) is 0 Å². The number of pyridine rings is 1. The third-order valence-corrected chi connectivity index (χ3v) is 5.12. The van der Waals surface area contributed by atoms with Gasteiger partial charge in [0.15, 0.2) is 5.78 Å². The van der Waals surface area contributed by atoms with Gasteiger partial charge in [0.25, 0.3) is 0 Å². The third kappa shape index (κ3) is 2.88. The molecule has 5 rings (SSSR count). The van der Waals surface area contributed by atoms with E-state index in [1.807, 2.05) is 18.2 Å². The lowest BCUT2D eigenvalue weighted by Crippen LogP contribution is -2.21. The summed E-state index contributed by atoms with van der Waals surface area (Å²) in [7, 11) is 0. The molecule has 26 heavy (non-hydrogen) atoms. The summed E-state index contributed by atoms with van der Waals surface area (Å²) in [4.78, 5) is 16.5. The van der Waals surface area contributed by atoms with E-state index < -0.39 is 0 Å². The highest BCUT2D eigenvalue weighted by Gasteiger charge is 2.31. The van der Waals surface area contributed by atoms with Gasteiger partial charge in [-0.05, 0) is 52.4 Å². The molecule has 2 nitrogen and oxygen atoms in total. The molecule has 3 aromatic rings. The van der Waals surface area contributed by atoms with Crippen LogP contribution >= 0.6 is 0 Å². The first-order valence-electron chi connectivity index (χ1n) is 9.08. The number of aromatic nitrogens is 1. The lowest BCUT2D eigenvalue weighted by molar-refractivity contribution is -0.116. The van der Waals surface area contributed by atoms with Crippen molar-refractivity contribution < 1.29 is 4.79 Å². The Morgan fingerprint density at radius 3 is 2.50 bits per heavy atom. The first kappa shape index (κ1) is 16.5. The molecule has 1 aromatic heterocycles. The molecule has 2 aliphatic rings. The number of carbonyl (C=O) groups excluding carboxylic acids is 1. The van der Waals surface area contributed by atoms with Crippen LogP contribution in [0.4, 0.5) is 0 Å². The highest BCUT2D eigenvalue weighted by atomic mass is 16.1. The summed E-state index contributed by atoms with van der Waals surface area (Å²) in [5.41, 5.74) is 4.64. The van der Waals surface area contributed by atoms with Crippen LogP contribution in [0.3, 0.4) is 0 Å². The number of allylic oxidation sites excluding steroid dienone is 4. The predicted molar refractivity (Wildman–Crippen MR) is 107 cm³/mol. The number of nitrogens with zero attached hydrogens (tertiary/aromatic N) is 1. The van der Waals surface area contributed by atoms with Crippen LogP contribution in [-0.2, 0) is 4.79 Å². The molecule has 1 heterocycles. The third-order valence-electron chi connectivity index (χ3n) is 5.12. The Hall–Kier alpha value is -3.00. The maximum Gasteiger partial charge on any atom is 0.166 e. The number of hydrogen-bond donors (Lipinski definition) is 0. The Morgan fingerprint density at radius 1 is 0.962 bits per heavy atom. The maximum absolute atomic E-state index is 12.7. The zero-order chi connectivity index (χ0) is 17.9. The van der Waals surface area contributed by atoms with E-state index >= 15 is 0 Å². The van der Waals surface area contributed by atoms with Gasteiger partial charge in [-0.15, -0.1) is 0 Å². The average molecular weight is 339 g/mol. The highest BCUT2D eigenvalue weighted by molar-refractivity contribution is 6.14. The summed E-state index contributed by atoms with van der Waals surface area (Å²) in [6.45, 7) is 2.05. The van der Waals surface area contributed by atoms with Gasteiger partial charge in [0.2, 0.25) is 0 Å². The molecule has 2 heteroatoms. The van der Waals surface area contributed by atoms with Gasteiger partial charge in [-0.3, -0.25) is 9.78 Å². The van der Waals surface area contributed by atoms with Crippen LogP contribution in [0.2, 0.25) is 0 Å². The molecule has 0 spiro atoms. The van der Waals surface area contributed by atoms with Crippen LogP contribution in [0, 0.1) is 0 Å². The fourth-order valence-corrected chi connectivity index (χ4v) is 3.87. The Labute approximate surface area is 153 Å². The van der Waals surface area contributed by atoms with E-state index in [1.54, 1.807) is 12.4 Å². The van der Waals surface area contributed by atoms with Crippen molar-refractivity contribution >= 4 is 22.1 Å². The zero-order valence-corrected chi connectivity index (χ0v) is 14.9. The number of carbonyl (C=O) groups is 1. The number of hydrogen-bond acceptors (Lipinski definition) is 2. The Morgan fingerprint density at radius 2 is 1.77 bits per heavy atom. The van der Waals surface area contributed by atoms with Gasteiger partial charge in [0.1, 0.15) is 0 Å². The summed E-state index contributed by atoms with van der Waals surface area (Å²) in [5.74, 6) is 0.287. The standard InChI is InChI=1S/C19H16O.C5H5N/c1-12-18-14-7-3-2-6-13(14)10-11-16(18)15-8-4-5-9-17(15)19(12)20;1-2-4-6-5-3-1/h2-4,6-8,10-12H,5,9H2,1H3;1-5H. The normalized spacial score (nSPS) is 18.0. The molecule has 2 aromatic carbocycles. The van der Waals surface area contributed by atoms with E-state index in [0.29, 0.717) is 5.78 Å². The number of ketones is 1. The van der Waals surface area contributed by atoms with Crippen LogP contribution in [0.15, 0.2) is 84.7 Å². The molecule has 0 aliphatic heterocycles. The van der Waals surface area contributed by atoms with Crippen molar-refractivity contribution in [2.75, 3.05) is 0 Å². The monoisotopic (exact) mass is 339 g/mol. The second-order valence-electron chi connectivity index (χ2n) is 6.69. The maximum atomic E-state index is 12.7. The van der Waals surface area contributed by atoms with E-state index in [0.717, 1.165) is 24.0 Å². The largest absolute Gasteiger partial charge is 0.294 e. The average Bonchev–Trinajstić information content (AvgIpc) is 2.73. The fourth-order valence-electron chi connectivity index (χ4n) is 3.87. The summed E-state index contributed by atoms with van der Waals surface area (Å²) in [6.07, 6.45) is 9.69. The van der Waals surface area contributed by atoms with E-state index in [9.17, 15) is 4.79 Å². The van der Waals surface area contributed by atoms with Crippen molar-refractivity contribution in [1.82, 2.24) is 4.98 Å². The SMILES string of the molecule is CC1C(=O)C2=C(C=CCC2)c2ccc3ccccc3c21.c1ccncc1. The Balaban J connectivity index is 0.000000240. The molecule has 0 bridgehead atoms. The lowest BCUT2D eigenvalue weighted by atomic mass is 9.74. The summed E-state index contributed by atoms with van der Waals surface area (Å²) in [5, 5.41) is 2.44. The second-order valence-corrected chi connectivity index (χ2v) is 6.69. The van der Waals surface area contributed by atoms with Crippen molar-refractivity contribution in [3.05, 3.63) is 95.8 Å². The minimum absolute atomic E-state index is 0.0265. The quantitative estimate of drug-likeness (QED) is 0.525. The van der Waals surface area contributed by atoms with Crippen LogP contribution in [-0.4, -0.2) is 10.8 Å². The summed E-state index contributed by atoms with van der Waals surface area (Å²) >= 11 is 0. The molecule has 0 saturated carbocycles. The molecule has 0 saturated heterocycles. The topological polar surface area (TPSA) is 30.0 Å². The zero-order valence-electron chi connectivity index (χ0n) is 14.9. The Kier molecular flexibility index (Phi) is 4.49. The number of Topliss-reactive ketones (excluding diaryl/α,β-unsaturated/α-hetero) is 1. The molecule has 0 fully saturated rings. The van der Waals surface area contributed by atoms with Crippen molar-refractivity contribution in [3.8, 4) is 0 Å². The molecular weight excluding hydrogens is 318 g/mol. The molecule has 0 amide bonds. The van der Waals surface area contributed by atoms with Crippen molar-refractivity contribution in [2.24, 2.45) is 0 Å². The lowest BCUT2D eigenvalue weighted by Gasteiger charge is -2.28. The molecule has 1 unspecified atom stereocenters. The van der Waals surface area contributed by atoms with Crippen LogP contribution in [0.5, 0.6) is 0 Å². The molecule has 0 radical (unpaired) electrons. The first-order chi connectivity index (χ1) is 12.8. The van der Waals surface area contributed by atoms with Crippen LogP contribution in [0.25, 0.3) is 16.3 Å². The smallest absolute Gasteiger partial charge is 0.166 e. The fraction of sp³-hybridized carbons (Fsp3) is 0.167. The number of rotatable bonds is 0. The molecule has 1 atom stereocenters. The van der Waals surface area contributed by atoms with Gasteiger partial charge in [-0.1, -0.05) is 61.5 Å². The number of fused-ring (bicyclic) bond motifs is 4. The van der Waals surface area contributed by atoms with E-state index in [4.69, 9.17) is 0 Å².